The third-order valence-electron chi connectivity index (χ3n) is 3.49. The molecule has 0 spiro atoms. The Morgan fingerprint density at radius 1 is 1.17 bits per heavy atom. The van der Waals surface area contributed by atoms with Crippen LogP contribution in [0.3, 0.4) is 0 Å². The maximum atomic E-state index is 11.4. The summed E-state index contributed by atoms with van der Waals surface area (Å²) >= 11 is 5.34. The van der Waals surface area contributed by atoms with Crippen molar-refractivity contribution in [2.45, 2.75) is 19.9 Å². The molecule has 0 aliphatic heterocycles. The van der Waals surface area contributed by atoms with Crippen molar-refractivity contribution < 1.29 is 9.53 Å². The number of anilines is 1. The zero-order valence-corrected chi connectivity index (χ0v) is 14.2. The molecule has 0 saturated heterocycles. The van der Waals surface area contributed by atoms with E-state index < -0.39 is 0 Å². The van der Waals surface area contributed by atoms with Gasteiger partial charge >= 0.3 is 0 Å². The molecule has 2 rings (SSSR count). The number of carbonyl (C=O) groups is 1. The van der Waals surface area contributed by atoms with Crippen LogP contribution in [-0.2, 0) is 0 Å². The van der Waals surface area contributed by atoms with Crippen molar-refractivity contribution in [3.8, 4) is 5.75 Å². The van der Waals surface area contributed by atoms with Gasteiger partial charge in [0.15, 0.2) is 10.9 Å². The highest BCUT2D eigenvalue weighted by atomic mass is 32.1. The van der Waals surface area contributed by atoms with E-state index in [0.717, 1.165) is 17.0 Å². The van der Waals surface area contributed by atoms with E-state index in [4.69, 9.17) is 17.0 Å². The fraction of sp³-hybridized carbons (Fsp3) is 0.222. The molecule has 0 amide bonds. The predicted octanol–water partition coefficient (Wildman–Crippen LogP) is 3.95. The fourth-order valence-electron chi connectivity index (χ4n) is 2.16. The first-order chi connectivity index (χ1) is 11.0. The van der Waals surface area contributed by atoms with Gasteiger partial charge in [0, 0.05) is 11.3 Å². The summed E-state index contributed by atoms with van der Waals surface area (Å²) in [6, 6.07) is 15.1. The largest absolute Gasteiger partial charge is 0.497 e. The van der Waals surface area contributed by atoms with E-state index >= 15 is 0 Å². The summed E-state index contributed by atoms with van der Waals surface area (Å²) in [5.41, 5.74) is 2.55. The molecule has 4 nitrogen and oxygen atoms in total. The Balaban J connectivity index is 1.98. The van der Waals surface area contributed by atoms with E-state index in [9.17, 15) is 4.79 Å². The number of thiocarbonyl (C=S) groups is 1. The van der Waals surface area contributed by atoms with Crippen molar-refractivity contribution in [3.05, 3.63) is 59.7 Å². The smallest absolute Gasteiger partial charge is 0.171 e. The highest BCUT2D eigenvalue weighted by molar-refractivity contribution is 7.80. The molecular weight excluding hydrogens is 308 g/mol. The van der Waals surface area contributed by atoms with E-state index in [1.165, 1.54) is 0 Å². The van der Waals surface area contributed by atoms with Crippen LogP contribution in [0.15, 0.2) is 48.5 Å². The summed E-state index contributed by atoms with van der Waals surface area (Å²) in [4.78, 5) is 11.4. The molecule has 0 aliphatic rings. The lowest BCUT2D eigenvalue weighted by Gasteiger charge is -2.18. The van der Waals surface area contributed by atoms with Crippen molar-refractivity contribution in [2.75, 3.05) is 12.4 Å². The average molecular weight is 328 g/mol. The first-order valence-electron chi connectivity index (χ1n) is 7.32. The zero-order valence-electron chi connectivity index (χ0n) is 13.4. The number of methoxy groups -OCH3 is 1. The lowest BCUT2D eigenvalue weighted by atomic mass is 10.1. The van der Waals surface area contributed by atoms with Crippen molar-refractivity contribution in [2.24, 2.45) is 0 Å². The van der Waals surface area contributed by atoms with E-state index in [-0.39, 0.29) is 11.8 Å². The number of ketones is 1. The highest BCUT2D eigenvalue weighted by Crippen LogP contribution is 2.17. The Kier molecular flexibility index (Phi) is 5.71. The minimum atomic E-state index is 0.0270. The molecule has 0 aliphatic carbocycles. The number of rotatable bonds is 5. The number of ether oxygens (including phenoxy) is 1. The maximum absolute atomic E-state index is 11.4. The van der Waals surface area contributed by atoms with Crippen LogP contribution in [0.5, 0.6) is 5.75 Å². The van der Waals surface area contributed by atoms with Crippen molar-refractivity contribution in [1.82, 2.24) is 5.32 Å². The van der Waals surface area contributed by atoms with Crippen LogP contribution in [-0.4, -0.2) is 18.0 Å². The van der Waals surface area contributed by atoms with Crippen molar-refractivity contribution in [3.63, 3.8) is 0 Å². The van der Waals surface area contributed by atoms with Gasteiger partial charge in [-0.1, -0.05) is 24.3 Å². The zero-order chi connectivity index (χ0) is 16.8. The van der Waals surface area contributed by atoms with Crippen molar-refractivity contribution >= 4 is 28.8 Å². The standard InChI is InChI=1S/C18H20N2O2S/c1-12(14-7-9-17(22-3)10-8-14)19-18(23)20-16-6-4-5-15(11-16)13(2)21/h4-12H,1-3H3,(H2,19,20,23). The Labute approximate surface area is 141 Å². The van der Waals surface area contributed by atoms with E-state index in [1.54, 1.807) is 26.2 Å². The average Bonchev–Trinajstić information content (AvgIpc) is 2.55. The van der Waals surface area contributed by atoms with Gasteiger partial charge in [-0.25, -0.2) is 0 Å². The molecule has 2 aromatic carbocycles. The van der Waals surface area contributed by atoms with Gasteiger partial charge in [-0.05, 0) is 55.9 Å². The van der Waals surface area contributed by atoms with Gasteiger partial charge in [0.1, 0.15) is 5.75 Å². The van der Waals surface area contributed by atoms with Crippen LogP contribution >= 0.6 is 12.2 Å². The summed E-state index contributed by atoms with van der Waals surface area (Å²) in [6.07, 6.45) is 0. The normalized spacial score (nSPS) is 11.4. The maximum Gasteiger partial charge on any atom is 0.171 e. The first kappa shape index (κ1) is 17.0. The molecule has 0 radical (unpaired) electrons. The van der Waals surface area contributed by atoms with E-state index in [1.807, 2.05) is 43.3 Å². The third kappa shape index (κ3) is 4.79. The quantitative estimate of drug-likeness (QED) is 0.643. The summed E-state index contributed by atoms with van der Waals surface area (Å²) < 4.78 is 5.15. The summed E-state index contributed by atoms with van der Waals surface area (Å²) in [6.45, 7) is 3.57. The second kappa shape index (κ2) is 7.74. The Morgan fingerprint density at radius 3 is 2.48 bits per heavy atom. The van der Waals surface area contributed by atoms with Gasteiger partial charge < -0.3 is 15.4 Å². The van der Waals surface area contributed by atoms with Gasteiger partial charge in [0.05, 0.1) is 13.2 Å². The van der Waals surface area contributed by atoms with Crippen LogP contribution < -0.4 is 15.4 Å². The second-order valence-electron chi connectivity index (χ2n) is 5.23. The Hall–Kier alpha value is -2.40. The first-order valence-corrected chi connectivity index (χ1v) is 7.73. The summed E-state index contributed by atoms with van der Waals surface area (Å²) in [7, 11) is 1.64. The number of Topliss-reactive ketones (excluding diaryl/α,β-unsaturated/α-hetero) is 1. The van der Waals surface area contributed by atoms with Gasteiger partial charge in [0.25, 0.3) is 0 Å². The molecular formula is C18H20N2O2S. The Morgan fingerprint density at radius 2 is 1.87 bits per heavy atom. The number of hydrogen-bond donors (Lipinski definition) is 2. The van der Waals surface area contributed by atoms with E-state index in [0.29, 0.717) is 10.7 Å². The van der Waals surface area contributed by atoms with Crippen LogP contribution in [0, 0.1) is 0 Å². The molecule has 0 fully saturated rings. The van der Waals surface area contributed by atoms with E-state index in [2.05, 4.69) is 10.6 Å². The number of hydrogen-bond acceptors (Lipinski definition) is 3. The van der Waals surface area contributed by atoms with Crippen LogP contribution in [0.25, 0.3) is 0 Å². The highest BCUT2D eigenvalue weighted by Gasteiger charge is 2.08. The fourth-order valence-corrected chi connectivity index (χ4v) is 2.45. The molecule has 2 N–H and O–H groups in total. The molecule has 0 heterocycles. The van der Waals surface area contributed by atoms with Gasteiger partial charge in [-0.3, -0.25) is 4.79 Å². The number of benzene rings is 2. The second-order valence-corrected chi connectivity index (χ2v) is 5.64. The molecule has 23 heavy (non-hydrogen) atoms. The minimum Gasteiger partial charge on any atom is -0.497 e. The van der Waals surface area contributed by atoms with Crippen LogP contribution in [0.4, 0.5) is 5.69 Å². The van der Waals surface area contributed by atoms with Crippen LogP contribution in [0.1, 0.15) is 35.8 Å². The monoisotopic (exact) mass is 328 g/mol. The molecule has 1 unspecified atom stereocenters. The third-order valence-corrected chi connectivity index (χ3v) is 3.71. The molecule has 0 saturated carbocycles. The number of nitrogens with one attached hydrogen (secondary N) is 2. The van der Waals surface area contributed by atoms with Crippen molar-refractivity contribution in [1.29, 1.82) is 0 Å². The number of carbonyl (C=O) groups excluding carboxylic acids is 1. The Bertz CT molecular complexity index is 698. The topological polar surface area (TPSA) is 50.4 Å². The van der Waals surface area contributed by atoms with Gasteiger partial charge in [-0.2, -0.15) is 0 Å². The molecule has 1 atom stereocenters. The molecule has 120 valence electrons. The molecule has 2 aromatic rings. The van der Waals surface area contributed by atoms with Gasteiger partial charge in [0.2, 0.25) is 0 Å². The predicted molar refractivity (Wildman–Crippen MR) is 97.2 cm³/mol. The minimum absolute atomic E-state index is 0.0270. The lowest BCUT2D eigenvalue weighted by Crippen LogP contribution is -2.30. The lowest BCUT2D eigenvalue weighted by molar-refractivity contribution is 0.101. The SMILES string of the molecule is COc1ccc(C(C)NC(=S)Nc2cccc(C(C)=O)c2)cc1. The summed E-state index contributed by atoms with van der Waals surface area (Å²) in [5.74, 6) is 0.849. The molecule has 5 heteroatoms. The summed E-state index contributed by atoms with van der Waals surface area (Å²) in [5, 5.41) is 6.84. The molecule has 0 bridgehead atoms. The van der Waals surface area contributed by atoms with Crippen LogP contribution in [0.2, 0.25) is 0 Å². The van der Waals surface area contributed by atoms with Gasteiger partial charge in [-0.15, -0.1) is 0 Å². The molecule has 0 aromatic heterocycles.